The van der Waals surface area contributed by atoms with E-state index in [-0.39, 0.29) is 17.0 Å². The van der Waals surface area contributed by atoms with E-state index in [1.165, 1.54) is 12.1 Å². The van der Waals surface area contributed by atoms with Gasteiger partial charge in [0.25, 0.3) is 5.91 Å². The molecule has 0 atom stereocenters. The summed E-state index contributed by atoms with van der Waals surface area (Å²) in [4.78, 5) is 21.9. The molecule has 108 valence electrons. The summed E-state index contributed by atoms with van der Waals surface area (Å²) in [7, 11) is 0. The van der Waals surface area contributed by atoms with E-state index < -0.39 is 5.82 Å². The van der Waals surface area contributed by atoms with Gasteiger partial charge in [0.2, 0.25) is 0 Å². The Morgan fingerprint density at radius 2 is 2.19 bits per heavy atom. The third-order valence-corrected chi connectivity index (χ3v) is 3.56. The third-order valence-electron chi connectivity index (χ3n) is 3.25. The minimum atomic E-state index is -0.456. The minimum Gasteiger partial charge on any atom is -0.362 e. The van der Waals surface area contributed by atoms with E-state index in [1.807, 2.05) is 0 Å². The Morgan fingerprint density at radius 1 is 1.38 bits per heavy atom. The summed E-state index contributed by atoms with van der Waals surface area (Å²) in [6.45, 7) is 1.09. The third kappa shape index (κ3) is 2.95. The molecule has 3 rings (SSSR count). The summed E-state index contributed by atoms with van der Waals surface area (Å²) >= 11 is 5.89. The Labute approximate surface area is 125 Å². The quantitative estimate of drug-likeness (QED) is 0.944. The highest BCUT2D eigenvalue weighted by atomic mass is 35.5. The van der Waals surface area contributed by atoms with Crippen molar-refractivity contribution in [2.24, 2.45) is 0 Å². The van der Waals surface area contributed by atoms with Gasteiger partial charge in [0.05, 0.1) is 22.8 Å². The normalized spacial score (nSPS) is 14.7. The maximum absolute atomic E-state index is 13.0. The number of likely N-dealkylation sites (tertiary alicyclic amines) is 1. The summed E-state index contributed by atoms with van der Waals surface area (Å²) in [6.07, 6.45) is 4.82. The molecule has 0 unspecified atom stereocenters. The van der Waals surface area contributed by atoms with Gasteiger partial charge in [-0.25, -0.2) is 9.37 Å². The molecule has 1 aliphatic rings. The number of nitrogens with one attached hydrogen (secondary N) is 1. The lowest BCUT2D eigenvalue weighted by Crippen LogP contribution is -2.57. The van der Waals surface area contributed by atoms with Crippen LogP contribution < -0.4 is 5.32 Å². The molecular formula is C14H12ClFN4O. The van der Waals surface area contributed by atoms with Crippen LogP contribution in [0.5, 0.6) is 0 Å². The van der Waals surface area contributed by atoms with Crippen LogP contribution in [0.15, 0.2) is 36.8 Å². The summed E-state index contributed by atoms with van der Waals surface area (Å²) in [5, 5.41) is 3.31. The number of amides is 1. The smallest absolute Gasteiger partial charge is 0.255 e. The van der Waals surface area contributed by atoms with E-state index in [2.05, 4.69) is 15.3 Å². The van der Waals surface area contributed by atoms with E-state index in [4.69, 9.17) is 11.6 Å². The number of aromatic nitrogens is 2. The van der Waals surface area contributed by atoms with Gasteiger partial charge in [0.1, 0.15) is 11.6 Å². The Bertz CT molecular complexity index is 661. The van der Waals surface area contributed by atoms with Gasteiger partial charge in [-0.05, 0) is 18.2 Å². The topological polar surface area (TPSA) is 58.1 Å². The van der Waals surface area contributed by atoms with Gasteiger partial charge in [-0.15, -0.1) is 0 Å². The molecular weight excluding hydrogens is 295 g/mol. The van der Waals surface area contributed by atoms with Crippen LogP contribution in [0.25, 0.3) is 0 Å². The average Bonchev–Trinajstić information content (AvgIpc) is 2.43. The fourth-order valence-corrected chi connectivity index (χ4v) is 2.40. The number of hydrogen-bond donors (Lipinski definition) is 1. The first-order chi connectivity index (χ1) is 10.1. The van der Waals surface area contributed by atoms with E-state index in [9.17, 15) is 9.18 Å². The lowest BCUT2D eigenvalue weighted by atomic mass is 10.1. The van der Waals surface area contributed by atoms with E-state index in [0.29, 0.717) is 24.5 Å². The van der Waals surface area contributed by atoms with E-state index >= 15 is 0 Å². The van der Waals surface area contributed by atoms with Gasteiger partial charge in [-0.3, -0.25) is 9.78 Å². The molecule has 0 aliphatic carbocycles. The number of carbonyl (C=O) groups excluding carboxylic acids is 1. The zero-order chi connectivity index (χ0) is 14.8. The summed E-state index contributed by atoms with van der Waals surface area (Å²) in [5.41, 5.74) is 0.316. The Kier molecular flexibility index (Phi) is 3.70. The van der Waals surface area contributed by atoms with Crippen molar-refractivity contribution in [3.8, 4) is 0 Å². The molecule has 0 saturated carbocycles. The number of halogens is 2. The highest BCUT2D eigenvalue weighted by molar-refractivity contribution is 6.33. The fraction of sp³-hybridized carbons (Fsp3) is 0.214. The van der Waals surface area contributed by atoms with Crippen molar-refractivity contribution < 1.29 is 9.18 Å². The number of carbonyl (C=O) groups is 1. The lowest BCUT2D eigenvalue weighted by Gasteiger charge is -2.39. The number of nitrogens with zero attached hydrogens (tertiary/aromatic N) is 3. The van der Waals surface area contributed by atoms with E-state index in [1.54, 1.807) is 23.5 Å². The summed E-state index contributed by atoms with van der Waals surface area (Å²) in [6, 6.07) is 3.91. The number of benzene rings is 1. The zero-order valence-electron chi connectivity index (χ0n) is 11.0. The summed E-state index contributed by atoms with van der Waals surface area (Å²) in [5.74, 6) is 0.0222. The Balaban J connectivity index is 1.59. The fourth-order valence-electron chi connectivity index (χ4n) is 2.15. The maximum atomic E-state index is 13.0. The molecule has 5 nitrogen and oxygen atoms in total. The molecule has 1 aromatic carbocycles. The van der Waals surface area contributed by atoms with Crippen LogP contribution in [0.4, 0.5) is 10.2 Å². The largest absolute Gasteiger partial charge is 0.362 e. The molecule has 0 radical (unpaired) electrons. The lowest BCUT2D eigenvalue weighted by molar-refractivity contribution is 0.0625. The van der Waals surface area contributed by atoms with E-state index in [0.717, 1.165) is 6.07 Å². The maximum Gasteiger partial charge on any atom is 0.255 e. The van der Waals surface area contributed by atoms with Gasteiger partial charge in [-0.1, -0.05) is 11.6 Å². The monoisotopic (exact) mass is 306 g/mol. The highest BCUT2D eigenvalue weighted by Crippen LogP contribution is 2.22. The molecule has 21 heavy (non-hydrogen) atoms. The van der Waals surface area contributed by atoms with Crippen LogP contribution in [0.3, 0.4) is 0 Å². The molecule has 1 aromatic heterocycles. The van der Waals surface area contributed by atoms with Crippen molar-refractivity contribution in [3.63, 3.8) is 0 Å². The standard InChI is InChI=1S/C14H12ClFN4O/c15-12-5-9(16)1-2-11(12)14(21)20-7-10(8-20)19-13-6-17-3-4-18-13/h1-6,10H,7-8H2,(H,18,19). The first-order valence-corrected chi connectivity index (χ1v) is 6.78. The molecule has 0 bridgehead atoms. The van der Waals surface area contributed by atoms with Gasteiger partial charge in [0, 0.05) is 25.5 Å². The van der Waals surface area contributed by atoms with Crippen LogP contribution >= 0.6 is 11.6 Å². The second-order valence-corrected chi connectivity index (χ2v) is 5.17. The van der Waals surface area contributed by atoms with Crippen molar-refractivity contribution in [2.45, 2.75) is 6.04 Å². The van der Waals surface area contributed by atoms with Crippen LogP contribution in [0.2, 0.25) is 5.02 Å². The van der Waals surface area contributed by atoms with Crippen LogP contribution in [-0.2, 0) is 0 Å². The zero-order valence-corrected chi connectivity index (χ0v) is 11.7. The number of rotatable bonds is 3. The second kappa shape index (κ2) is 5.65. The molecule has 2 heterocycles. The Morgan fingerprint density at radius 3 is 2.86 bits per heavy atom. The average molecular weight is 307 g/mol. The van der Waals surface area contributed by atoms with Crippen LogP contribution in [-0.4, -0.2) is 39.9 Å². The SMILES string of the molecule is O=C(c1ccc(F)cc1Cl)N1CC(Nc2cnccn2)C1. The molecule has 1 aliphatic heterocycles. The van der Waals surface area contributed by atoms with Gasteiger partial charge in [0.15, 0.2) is 0 Å². The first-order valence-electron chi connectivity index (χ1n) is 6.40. The Hall–Kier alpha value is -2.21. The molecule has 0 spiro atoms. The molecule has 7 heteroatoms. The molecule has 1 fully saturated rings. The van der Waals surface area contributed by atoms with Crippen LogP contribution in [0.1, 0.15) is 10.4 Å². The highest BCUT2D eigenvalue weighted by Gasteiger charge is 2.32. The van der Waals surface area contributed by atoms with Crippen LogP contribution in [0, 0.1) is 5.82 Å². The molecule has 2 aromatic rings. The molecule has 1 amide bonds. The molecule has 1 N–H and O–H groups in total. The van der Waals surface area contributed by atoms with Gasteiger partial charge < -0.3 is 10.2 Å². The number of hydrogen-bond acceptors (Lipinski definition) is 4. The number of anilines is 1. The van der Waals surface area contributed by atoms with Crippen molar-refractivity contribution in [1.29, 1.82) is 0 Å². The van der Waals surface area contributed by atoms with Crippen molar-refractivity contribution >= 4 is 23.3 Å². The molecule has 1 saturated heterocycles. The van der Waals surface area contributed by atoms with Crippen molar-refractivity contribution in [3.05, 3.63) is 53.2 Å². The predicted molar refractivity (Wildman–Crippen MR) is 76.8 cm³/mol. The second-order valence-electron chi connectivity index (χ2n) is 4.77. The van der Waals surface area contributed by atoms with Crippen molar-refractivity contribution in [2.75, 3.05) is 18.4 Å². The van der Waals surface area contributed by atoms with Crippen molar-refractivity contribution in [1.82, 2.24) is 14.9 Å². The minimum absolute atomic E-state index is 0.130. The summed E-state index contributed by atoms with van der Waals surface area (Å²) < 4.78 is 13.0. The van der Waals surface area contributed by atoms with Gasteiger partial charge >= 0.3 is 0 Å². The first kappa shape index (κ1) is 13.8. The van der Waals surface area contributed by atoms with Gasteiger partial charge in [-0.2, -0.15) is 0 Å². The predicted octanol–water partition coefficient (Wildman–Crippen LogP) is 2.21.